The van der Waals surface area contributed by atoms with Crippen LogP contribution >= 0.6 is 0 Å². The molecule has 3 unspecified atom stereocenters. The Bertz CT molecular complexity index is 1010. The summed E-state index contributed by atoms with van der Waals surface area (Å²) in [5.74, 6) is 0.482. The van der Waals surface area contributed by atoms with Crippen molar-refractivity contribution in [1.29, 1.82) is 0 Å². The Kier molecular flexibility index (Phi) is 6.55. The van der Waals surface area contributed by atoms with Crippen molar-refractivity contribution in [3.63, 3.8) is 0 Å². The molecule has 3 atom stereocenters. The van der Waals surface area contributed by atoms with Crippen molar-refractivity contribution in [2.45, 2.75) is 32.2 Å². The predicted octanol–water partition coefficient (Wildman–Crippen LogP) is 4.49. The number of carbonyl (C=O) groups excluding carboxylic acids is 1. The molecule has 2 aliphatic rings. The maximum absolute atomic E-state index is 12.7. The number of anilines is 1. The van der Waals surface area contributed by atoms with Crippen LogP contribution < -0.4 is 10.6 Å². The average molecular weight is 435 g/mol. The third-order valence-electron chi connectivity index (χ3n) is 6.70. The summed E-state index contributed by atoms with van der Waals surface area (Å²) in [7, 11) is 0. The monoisotopic (exact) mass is 434 g/mol. The summed E-state index contributed by atoms with van der Waals surface area (Å²) in [6, 6.07) is 12.7. The molecule has 0 saturated heterocycles. The number of nitrogens with zero attached hydrogens (tertiary/aromatic N) is 2. The number of benzene rings is 2. The first-order valence-electron chi connectivity index (χ1n) is 11.3. The molecule has 1 heterocycles. The van der Waals surface area contributed by atoms with Gasteiger partial charge in [-0.1, -0.05) is 38.1 Å². The molecule has 1 aliphatic heterocycles. The summed E-state index contributed by atoms with van der Waals surface area (Å²) in [5.41, 5.74) is 3.97. The van der Waals surface area contributed by atoms with Crippen molar-refractivity contribution in [1.82, 2.24) is 10.2 Å². The third kappa shape index (κ3) is 4.39. The van der Waals surface area contributed by atoms with E-state index in [0.29, 0.717) is 18.0 Å². The second-order valence-corrected chi connectivity index (χ2v) is 8.41. The zero-order valence-corrected chi connectivity index (χ0v) is 18.6. The van der Waals surface area contributed by atoms with Crippen LogP contribution in [-0.2, 0) is 0 Å². The van der Waals surface area contributed by atoms with Gasteiger partial charge in [-0.15, -0.1) is 0 Å². The first kappa shape index (κ1) is 22.0. The molecule has 2 aromatic carbocycles. The fourth-order valence-electron chi connectivity index (χ4n) is 4.84. The molecule has 1 aliphatic carbocycles. The van der Waals surface area contributed by atoms with Crippen LogP contribution in [0.1, 0.15) is 53.7 Å². The van der Waals surface area contributed by atoms with Gasteiger partial charge in [0.1, 0.15) is 0 Å². The number of non-ortho nitro benzene ring substituents is 1. The van der Waals surface area contributed by atoms with Crippen LogP contribution in [0.3, 0.4) is 0 Å². The Hall–Kier alpha value is -3.19. The highest BCUT2D eigenvalue weighted by Crippen LogP contribution is 2.50. The van der Waals surface area contributed by atoms with E-state index in [0.717, 1.165) is 42.9 Å². The topological polar surface area (TPSA) is 87.5 Å². The molecular formula is C25H30N4O3. The maximum Gasteiger partial charge on any atom is 0.269 e. The first-order valence-corrected chi connectivity index (χ1v) is 11.3. The van der Waals surface area contributed by atoms with Gasteiger partial charge < -0.3 is 15.5 Å². The molecule has 0 fully saturated rings. The highest BCUT2D eigenvalue weighted by atomic mass is 16.6. The van der Waals surface area contributed by atoms with Gasteiger partial charge in [-0.05, 0) is 54.8 Å². The smallest absolute Gasteiger partial charge is 0.269 e. The van der Waals surface area contributed by atoms with Gasteiger partial charge >= 0.3 is 0 Å². The van der Waals surface area contributed by atoms with E-state index in [2.05, 4.69) is 41.5 Å². The lowest BCUT2D eigenvalue weighted by molar-refractivity contribution is -0.384. The second-order valence-electron chi connectivity index (χ2n) is 8.41. The fraction of sp³-hybridized carbons (Fsp3) is 0.400. The maximum atomic E-state index is 12.7. The predicted molar refractivity (Wildman–Crippen MR) is 126 cm³/mol. The molecule has 2 aromatic rings. The minimum absolute atomic E-state index is 0.0454. The van der Waals surface area contributed by atoms with E-state index >= 15 is 0 Å². The molecule has 0 radical (unpaired) electrons. The summed E-state index contributed by atoms with van der Waals surface area (Å²) in [5, 5.41) is 17.7. The normalized spacial score (nSPS) is 21.0. The van der Waals surface area contributed by atoms with E-state index in [4.69, 9.17) is 0 Å². The number of fused-ring (bicyclic) bond motifs is 3. The Morgan fingerprint density at radius 2 is 1.94 bits per heavy atom. The number of rotatable bonds is 8. The molecule has 4 rings (SSSR count). The van der Waals surface area contributed by atoms with Crippen molar-refractivity contribution in [2.75, 3.05) is 31.5 Å². The summed E-state index contributed by atoms with van der Waals surface area (Å²) >= 11 is 0. The van der Waals surface area contributed by atoms with Gasteiger partial charge in [0.25, 0.3) is 11.6 Å². The van der Waals surface area contributed by atoms with E-state index in [9.17, 15) is 14.9 Å². The van der Waals surface area contributed by atoms with Gasteiger partial charge in [-0.2, -0.15) is 0 Å². The van der Waals surface area contributed by atoms with Crippen LogP contribution in [0.5, 0.6) is 0 Å². The summed E-state index contributed by atoms with van der Waals surface area (Å²) in [6.45, 7) is 7.67. The Morgan fingerprint density at radius 1 is 1.19 bits per heavy atom. The first-order chi connectivity index (χ1) is 15.5. The molecule has 0 saturated carbocycles. The quantitative estimate of drug-likeness (QED) is 0.363. The highest BCUT2D eigenvalue weighted by molar-refractivity contribution is 5.95. The van der Waals surface area contributed by atoms with Crippen LogP contribution in [0.15, 0.2) is 54.6 Å². The van der Waals surface area contributed by atoms with E-state index in [1.165, 1.54) is 0 Å². The molecule has 7 nitrogen and oxygen atoms in total. The molecule has 7 heteroatoms. The number of nitrogens with one attached hydrogen (secondary N) is 2. The van der Waals surface area contributed by atoms with Crippen molar-refractivity contribution >= 4 is 17.3 Å². The summed E-state index contributed by atoms with van der Waals surface area (Å²) in [4.78, 5) is 25.6. The number of hydrogen-bond donors (Lipinski definition) is 2. The van der Waals surface area contributed by atoms with Gasteiger partial charge in [0.2, 0.25) is 0 Å². The number of hydrogen-bond acceptors (Lipinski definition) is 5. The summed E-state index contributed by atoms with van der Waals surface area (Å²) in [6.07, 6.45) is 5.35. The lowest BCUT2D eigenvalue weighted by Gasteiger charge is -2.37. The van der Waals surface area contributed by atoms with Crippen molar-refractivity contribution < 1.29 is 9.72 Å². The standard InChI is InChI=1S/C25H30N4O3/c1-3-28(4-2)15-14-26-25(30)18-10-13-23-22(16-18)20-6-5-7-21(20)24(27-23)17-8-11-19(12-9-17)29(31)32/h5-6,8-13,16,20-21,24,27H,3-4,7,14-15H2,1-2H3,(H,26,30). The van der Waals surface area contributed by atoms with E-state index in [1.807, 2.05) is 30.3 Å². The number of nitro benzene ring substituents is 1. The molecular weight excluding hydrogens is 404 g/mol. The Labute approximate surface area is 188 Å². The van der Waals surface area contributed by atoms with Crippen molar-refractivity contribution in [3.05, 3.63) is 81.4 Å². The molecule has 0 aromatic heterocycles. The number of amides is 1. The van der Waals surface area contributed by atoms with Crippen LogP contribution in [0.2, 0.25) is 0 Å². The van der Waals surface area contributed by atoms with Gasteiger partial charge in [0, 0.05) is 42.4 Å². The molecule has 2 N–H and O–H groups in total. The fourth-order valence-corrected chi connectivity index (χ4v) is 4.84. The van der Waals surface area contributed by atoms with E-state index in [1.54, 1.807) is 12.1 Å². The number of nitro groups is 1. The van der Waals surface area contributed by atoms with Gasteiger partial charge in [0.05, 0.1) is 11.0 Å². The van der Waals surface area contributed by atoms with Gasteiger partial charge in [0.15, 0.2) is 0 Å². The number of carbonyl (C=O) groups is 1. The van der Waals surface area contributed by atoms with Crippen molar-refractivity contribution in [3.8, 4) is 0 Å². The molecule has 32 heavy (non-hydrogen) atoms. The van der Waals surface area contributed by atoms with Gasteiger partial charge in [-0.25, -0.2) is 0 Å². The van der Waals surface area contributed by atoms with E-state index in [-0.39, 0.29) is 28.5 Å². The van der Waals surface area contributed by atoms with Gasteiger partial charge in [-0.3, -0.25) is 14.9 Å². The highest BCUT2D eigenvalue weighted by Gasteiger charge is 2.38. The van der Waals surface area contributed by atoms with Crippen LogP contribution in [0.25, 0.3) is 0 Å². The molecule has 0 bridgehead atoms. The molecule has 0 spiro atoms. The van der Waals surface area contributed by atoms with Crippen molar-refractivity contribution in [2.24, 2.45) is 5.92 Å². The minimum atomic E-state index is -0.373. The van der Waals surface area contributed by atoms with E-state index < -0.39 is 0 Å². The average Bonchev–Trinajstić information content (AvgIpc) is 3.31. The number of likely N-dealkylation sites (N-methyl/N-ethyl adjacent to an activating group) is 1. The molecule has 1 amide bonds. The Balaban J connectivity index is 1.52. The molecule has 168 valence electrons. The lowest BCUT2D eigenvalue weighted by Crippen LogP contribution is -2.35. The Morgan fingerprint density at radius 3 is 2.62 bits per heavy atom. The van der Waals surface area contributed by atoms with Crippen LogP contribution in [0.4, 0.5) is 11.4 Å². The zero-order chi connectivity index (χ0) is 22.7. The SMILES string of the molecule is CCN(CC)CCNC(=O)c1ccc2c(c1)C1C=CCC1C(c1ccc([N+](=O)[O-])cc1)N2. The zero-order valence-electron chi connectivity index (χ0n) is 18.6. The number of allylic oxidation sites excluding steroid dienone is 2. The minimum Gasteiger partial charge on any atom is -0.378 e. The lowest BCUT2D eigenvalue weighted by atomic mass is 9.76. The van der Waals surface area contributed by atoms with Crippen LogP contribution in [-0.4, -0.2) is 41.9 Å². The summed E-state index contributed by atoms with van der Waals surface area (Å²) < 4.78 is 0. The van der Waals surface area contributed by atoms with Crippen LogP contribution in [0, 0.1) is 16.0 Å². The largest absolute Gasteiger partial charge is 0.378 e. The second kappa shape index (κ2) is 9.53. The third-order valence-corrected chi connectivity index (χ3v) is 6.70.